The minimum absolute atomic E-state index is 0.0555. The third-order valence-corrected chi connectivity index (χ3v) is 4.09. The van der Waals surface area contributed by atoms with E-state index in [0.717, 1.165) is 58.0 Å². The molecule has 1 aliphatic carbocycles. The van der Waals surface area contributed by atoms with E-state index in [1.807, 2.05) is 6.08 Å². The smallest absolute Gasteiger partial charge is 0.429 e. The second-order valence-corrected chi connectivity index (χ2v) is 5.54. The highest BCUT2D eigenvalue weighted by Gasteiger charge is 2.31. The molecule has 108 valence electrons. The van der Waals surface area contributed by atoms with E-state index < -0.39 is 6.16 Å². The molecule has 0 amide bonds. The van der Waals surface area contributed by atoms with Crippen molar-refractivity contribution in [2.24, 2.45) is 5.92 Å². The number of rotatable bonds is 6. The molecule has 0 bridgehead atoms. The summed E-state index contributed by atoms with van der Waals surface area (Å²) < 4.78 is 5.49. The first-order valence-electron chi connectivity index (χ1n) is 7.54. The topological polar surface area (TPSA) is 38.8 Å². The van der Waals surface area contributed by atoms with E-state index in [1.165, 1.54) is 6.42 Å². The zero-order valence-electron chi connectivity index (χ0n) is 11.7. The molecule has 0 aromatic rings. The fraction of sp³-hybridized carbons (Fsp3) is 0.800. The van der Waals surface area contributed by atoms with Crippen LogP contribution in [0.5, 0.6) is 0 Å². The Bertz CT molecular complexity index is 300. The minimum atomic E-state index is -0.512. The monoisotopic (exact) mass is 267 g/mol. The van der Waals surface area contributed by atoms with Crippen molar-refractivity contribution in [3.8, 4) is 0 Å². The average Bonchev–Trinajstić information content (AvgIpc) is 3.02. The summed E-state index contributed by atoms with van der Waals surface area (Å²) in [5.74, 6) is 0.506. The van der Waals surface area contributed by atoms with Crippen molar-refractivity contribution in [3.63, 3.8) is 0 Å². The van der Waals surface area contributed by atoms with Gasteiger partial charge in [-0.05, 0) is 57.3 Å². The predicted octanol–water partition coefficient (Wildman–Crippen LogP) is 3.68. The molecule has 0 radical (unpaired) electrons. The predicted molar refractivity (Wildman–Crippen MR) is 73.6 cm³/mol. The van der Waals surface area contributed by atoms with Crippen molar-refractivity contribution < 1.29 is 14.4 Å². The van der Waals surface area contributed by atoms with Crippen LogP contribution >= 0.6 is 0 Å². The molecule has 2 fully saturated rings. The van der Waals surface area contributed by atoms with Gasteiger partial charge in [-0.2, -0.15) is 0 Å². The summed E-state index contributed by atoms with van der Waals surface area (Å²) in [6, 6.07) is 0. The Morgan fingerprint density at radius 3 is 2.79 bits per heavy atom. The van der Waals surface area contributed by atoms with Crippen LogP contribution in [-0.4, -0.2) is 30.4 Å². The minimum Gasteiger partial charge on any atom is -0.429 e. The van der Waals surface area contributed by atoms with Crippen LogP contribution in [0.3, 0.4) is 0 Å². The highest BCUT2D eigenvalue weighted by Crippen LogP contribution is 2.32. The number of allylic oxidation sites excluding steroid dienone is 1. The maximum atomic E-state index is 11.7. The van der Waals surface area contributed by atoms with E-state index >= 15 is 0 Å². The van der Waals surface area contributed by atoms with Crippen molar-refractivity contribution >= 4 is 6.16 Å². The zero-order chi connectivity index (χ0) is 13.5. The molecule has 1 aliphatic heterocycles. The molecule has 19 heavy (non-hydrogen) atoms. The standard InChI is InChI=1S/C15H25NO3/c1-2-3-4-8-13-9-7-10-14(13)18-15(17)19-16-11-5-6-12-16/h2,13-14H,1,3-12H2/t13-,14-/m1/s1. The van der Waals surface area contributed by atoms with Crippen molar-refractivity contribution in [3.05, 3.63) is 12.7 Å². The maximum Gasteiger partial charge on any atom is 0.528 e. The zero-order valence-corrected chi connectivity index (χ0v) is 11.7. The third-order valence-electron chi connectivity index (χ3n) is 4.09. The van der Waals surface area contributed by atoms with Crippen LogP contribution < -0.4 is 0 Å². The van der Waals surface area contributed by atoms with Gasteiger partial charge in [-0.1, -0.05) is 6.08 Å². The Balaban J connectivity index is 1.70. The molecule has 0 aromatic carbocycles. The van der Waals surface area contributed by atoms with Crippen LogP contribution in [0.4, 0.5) is 4.79 Å². The van der Waals surface area contributed by atoms with Crippen LogP contribution in [0.2, 0.25) is 0 Å². The molecule has 1 saturated carbocycles. The molecular formula is C15H25NO3. The van der Waals surface area contributed by atoms with E-state index in [-0.39, 0.29) is 6.10 Å². The fourth-order valence-electron chi connectivity index (χ4n) is 3.04. The number of unbranched alkanes of at least 4 members (excludes halogenated alkanes) is 1. The van der Waals surface area contributed by atoms with Gasteiger partial charge in [0.2, 0.25) is 0 Å². The normalized spacial score (nSPS) is 27.4. The van der Waals surface area contributed by atoms with E-state index in [1.54, 1.807) is 5.06 Å². The molecule has 0 spiro atoms. The first kappa shape index (κ1) is 14.4. The highest BCUT2D eigenvalue weighted by atomic mass is 16.8. The molecule has 0 unspecified atom stereocenters. The molecular weight excluding hydrogens is 242 g/mol. The average molecular weight is 267 g/mol. The first-order chi connectivity index (χ1) is 9.29. The van der Waals surface area contributed by atoms with Gasteiger partial charge in [0.1, 0.15) is 6.10 Å². The van der Waals surface area contributed by atoms with Gasteiger partial charge in [-0.15, -0.1) is 11.6 Å². The Morgan fingerprint density at radius 1 is 1.26 bits per heavy atom. The summed E-state index contributed by atoms with van der Waals surface area (Å²) in [6.45, 7) is 5.41. The lowest BCUT2D eigenvalue weighted by molar-refractivity contribution is -0.123. The molecule has 0 aromatic heterocycles. The second-order valence-electron chi connectivity index (χ2n) is 5.54. The summed E-state index contributed by atoms with van der Waals surface area (Å²) in [4.78, 5) is 16.9. The van der Waals surface area contributed by atoms with Gasteiger partial charge in [-0.25, -0.2) is 4.79 Å². The lowest BCUT2D eigenvalue weighted by Crippen LogP contribution is -2.29. The third kappa shape index (κ3) is 4.53. The molecule has 4 nitrogen and oxygen atoms in total. The van der Waals surface area contributed by atoms with Crippen molar-refractivity contribution in [2.45, 2.75) is 57.5 Å². The van der Waals surface area contributed by atoms with Gasteiger partial charge in [0.15, 0.2) is 0 Å². The van der Waals surface area contributed by atoms with E-state index in [4.69, 9.17) is 9.57 Å². The van der Waals surface area contributed by atoms with Gasteiger partial charge in [-0.3, -0.25) is 0 Å². The summed E-state index contributed by atoms with van der Waals surface area (Å²) in [7, 11) is 0. The summed E-state index contributed by atoms with van der Waals surface area (Å²) in [6.07, 6.45) is 10.3. The number of hydroxylamine groups is 2. The van der Waals surface area contributed by atoms with Gasteiger partial charge in [0, 0.05) is 13.1 Å². The SMILES string of the molecule is C=CCCC[C@@H]1CCC[C@H]1OC(=O)ON1CCCC1. The number of hydrogen-bond acceptors (Lipinski definition) is 4. The Labute approximate surface area is 115 Å². The number of carbonyl (C=O) groups excluding carboxylic acids is 1. The number of ether oxygens (including phenoxy) is 1. The van der Waals surface area contributed by atoms with E-state index in [0.29, 0.717) is 5.92 Å². The van der Waals surface area contributed by atoms with Crippen LogP contribution in [0.1, 0.15) is 51.4 Å². The largest absolute Gasteiger partial charge is 0.528 e. The first-order valence-corrected chi connectivity index (χ1v) is 7.54. The molecule has 1 heterocycles. The van der Waals surface area contributed by atoms with Crippen LogP contribution in [0.15, 0.2) is 12.7 Å². The molecule has 4 heteroatoms. The molecule has 2 aliphatic rings. The van der Waals surface area contributed by atoms with Crippen LogP contribution in [0.25, 0.3) is 0 Å². The summed E-state index contributed by atoms with van der Waals surface area (Å²) in [5.41, 5.74) is 0. The summed E-state index contributed by atoms with van der Waals surface area (Å²) >= 11 is 0. The van der Waals surface area contributed by atoms with Gasteiger partial charge in [0.05, 0.1) is 0 Å². The highest BCUT2D eigenvalue weighted by molar-refractivity contribution is 5.59. The lowest BCUT2D eigenvalue weighted by Gasteiger charge is -2.21. The Hall–Kier alpha value is -1.03. The quantitative estimate of drug-likeness (QED) is 0.418. The molecule has 1 saturated heterocycles. The lowest BCUT2D eigenvalue weighted by atomic mass is 9.98. The number of carbonyl (C=O) groups is 1. The van der Waals surface area contributed by atoms with Crippen LogP contribution in [-0.2, 0) is 9.57 Å². The number of hydrogen-bond donors (Lipinski definition) is 0. The van der Waals surface area contributed by atoms with Gasteiger partial charge in [0.25, 0.3) is 0 Å². The molecule has 2 rings (SSSR count). The second kappa shape index (κ2) is 7.53. The van der Waals surface area contributed by atoms with E-state index in [9.17, 15) is 4.79 Å². The fourth-order valence-corrected chi connectivity index (χ4v) is 3.04. The van der Waals surface area contributed by atoms with Crippen molar-refractivity contribution in [1.82, 2.24) is 5.06 Å². The maximum absolute atomic E-state index is 11.7. The summed E-state index contributed by atoms with van der Waals surface area (Å²) in [5, 5.41) is 1.71. The number of nitrogens with zero attached hydrogens (tertiary/aromatic N) is 1. The molecule has 0 N–H and O–H groups in total. The van der Waals surface area contributed by atoms with Gasteiger partial charge >= 0.3 is 6.16 Å². The van der Waals surface area contributed by atoms with E-state index in [2.05, 4.69) is 6.58 Å². The van der Waals surface area contributed by atoms with Gasteiger partial charge < -0.3 is 9.57 Å². The Kier molecular flexibility index (Phi) is 5.70. The van der Waals surface area contributed by atoms with Crippen LogP contribution in [0, 0.1) is 5.92 Å². The molecule has 2 atom stereocenters. The van der Waals surface area contributed by atoms with Crippen molar-refractivity contribution in [1.29, 1.82) is 0 Å². The Morgan fingerprint density at radius 2 is 2.05 bits per heavy atom. The van der Waals surface area contributed by atoms with Crippen molar-refractivity contribution in [2.75, 3.05) is 13.1 Å².